The Morgan fingerprint density at radius 3 is 2.32 bits per heavy atom. The van der Waals surface area contributed by atoms with Gasteiger partial charge in [0.2, 0.25) is 0 Å². The maximum atomic E-state index is 11.6. The molecule has 0 N–H and O–H groups in total. The molecule has 0 aromatic heterocycles. The highest BCUT2D eigenvalue weighted by Gasteiger charge is 2.52. The Labute approximate surface area is 114 Å². The second kappa shape index (κ2) is 3.93. The first-order valence-electron chi connectivity index (χ1n) is 6.78. The first-order valence-corrected chi connectivity index (χ1v) is 6.78. The minimum absolute atomic E-state index is 0.277. The highest BCUT2D eigenvalue weighted by Crippen LogP contribution is 2.37. The van der Waals surface area contributed by atoms with Crippen molar-refractivity contribution >= 4 is 18.4 Å². The fourth-order valence-corrected chi connectivity index (χ4v) is 2.70. The van der Waals surface area contributed by atoms with Crippen LogP contribution in [0.5, 0.6) is 0 Å². The summed E-state index contributed by atoms with van der Waals surface area (Å²) in [6.45, 7) is 8.17. The molecular formula is C15H19BO3. The Balaban J connectivity index is 1.98. The van der Waals surface area contributed by atoms with Crippen LogP contribution in [0.4, 0.5) is 0 Å². The van der Waals surface area contributed by atoms with Crippen molar-refractivity contribution in [3.05, 3.63) is 29.3 Å². The van der Waals surface area contributed by atoms with Crippen LogP contribution in [0.15, 0.2) is 18.2 Å². The summed E-state index contributed by atoms with van der Waals surface area (Å²) in [5, 5.41) is 0. The maximum absolute atomic E-state index is 11.6. The SMILES string of the molecule is CC1(C)OB(c2cccc3c2CC(=O)C3)OC1(C)C. The van der Waals surface area contributed by atoms with E-state index in [1.165, 1.54) is 0 Å². The van der Waals surface area contributed by atoms with Crippen molar-refractivity contribution in [1.82, 2.24) is 0 Å². The van der Waals surface area contributed by atoms with E-state index in [0.717, 1.165) is 16.6 Å². The summed E-state index contributed by atoms with van der Waals surface area (Å²) >= 11 is 0. The molecule has 1 aromatic carbocycles. The van der Waals surface area contributed by atoms with Gasteiger partial charge in [-0.1, -0.05) is 18.2 Å². The number of rotatable bonds is 1. The summed E-state index contributed by atoms with van der Waals surface area (Å²) in [6, 6.07) is 6.02. The average molecular weight is 258 g/mol. The number of carbonyl (C=O) groups excluding carboxylic acids is 1. The highest BCUT2D eigenvalue weighted by molar-refractivity contribution is 6.62. The summed E-state index contributed by atoms with van der Waals surface area (Å²) in [5.74, 6) is 0.277. The maximum Gasteiger partial charge on any atom is 0.495 e. The number of benzene rings is 1. The van der Waals surface area contributed by atoms with Crippen molar-refractivity contribution in [1.29, 1.82) is 0 Å². The van der Waals surface area contributed by atoms with Gasteiger partial charge in [0.05, 0.1) is 11.2 Å². The number of Topliss-reactive ketones (excluding diaryl/α,β-unsaturated/α-hetero) is 1. The molecule has 1 heterocycles. The molecule has 1 saturated heterocycles. The summed E-state index contributed by atoms with van der Waals surface area (Å²) in [6.07, 6.45) is 1.05. The molecule has 1 aliphatic heterocycles. The molecular weight excluding hydrogens is 239 g/mol. The molecule has 1 fully saturated rings. The van der Waals surface area contributed by atoms with Gasteiger partial charge in [-0.2, -0.15) is 0 Å². The van der Waals surface area contributed by atoms with Gasteiger partial charge < -0.3 is 9.31 Å². The third-order valence-corrected chi connectivity index (χ3v) is 4.58. The summed E-state index contributed by atoms with van der Waals surface area (Å²) in [5.41, 5.74) is 2.55. The van der Waals surface area contributed by atoms with E-state index in [4.69, 9.17) is 9.31 Å². The topological polar surface area (TPSA) is 35.5 Å². The lowest BCUT2D eigenvalue weighted by atomic mass is 9.75. The van der Waals surface area contributed by atoms with Crippen LogP contribution in [-0.4, -0.2) is 24.1 Å². The Hall–Kier alpha value is -1.13. The molecule has 19 heavy (non-hydrogen) atoms. The molecule has 4 heteroatoms. The largest absolute Gasteiger partial charge is 0.495 e. The van der Waals surface area contributed by atoms with Crippen molar-refractivity contribution in [3.8, 4) is 0 Å². The van der Waals surface area contributed by atoms with Gasteiger partial charge in [-0.25, -0.2) is 0 Å². The van der Waals surface area contributed by atoms with Gasteiger partial charge >= 0.3 is 7.12 Å². The second-order valence-corrected chi connectivity index (χ2v) is 6.47. The van der Waals surface area contributed by atoms with Gasteiger partial charge in [0.25, 0.3) is 0 Å². The monoisotopic (exact) mass is 258 g/mol. The number of hydrogen-bond donors (Lipinski definition) is 0. The Morgan fingerprint density at radius 1 is 1.05 bits per heavy atom. The van der Waals surface area contributed by atoms with Crippen LogP contribution in [0.1, 0.15) is 38.8 Å². The first-order chi connectivity index (χ1) is 8.80. The van der Waals surface area contributed by atoms with E-state index in [-0.39, 0.29) is 24.1 Å². The number of ketones is 1. The zero-order valence-corrected chi connectivity index (χ0v) is 11.9. The lowest BCUT2D eigenvalue weighted by Gasteiger charge is -2.32. The Kier molecular flexibility index (Phi) is 2.67. The molecule has 0 amide bonds. The van der Waals surface area contributed by atoms with E-state index < -0.39 is 0 Å². The van der Waals surface area contributed by atoms with Gasteiger partial charge in [-0.15, -0.1) is 0 Å². The van der Waals surface area contributed by atoms with Crippen LogP contribution in [-0.2, 0) is 26.9 Å². The zero-order valence-electron chi connectivity index (χ0n) is 11.9. The molecule has 100 valence electrons. The molecule has 3 rings (SSSR count). The number of hydrogen-bond acceptors (Lipinski definition) is 3. The van der Waals surface area contributed by atoms with Crippen LogP contribution in [0, 0.1) is 0 Å². The predicted octanol–water partition coefficient (Wildman–Crippen LogP) is 1.65. The molecule has 1 aliphatic carbocycles. The van der Waals surface area contributed by atoms with E-state index in [9.17, 15) is 4.79 Å². The molecule has 0 atom stereocenters. The van der Waals surface area contributed by atoms with Crippen LogP contribution in [0.25, 0.3) is 0 Å². The summed E-state index contributed by atoms with van der Waals surface area (Å²) in [7, 11) is -0.370. The van der Waals surface area contributed by atoms with E-state index in [1.807, 2.05) is 45.9 Å². The van der Waals surface area contributed by atoms with Crippen LogP contribution < -0.4 is 5.46 Å². The molecule has 0 spiro atoms. The van der Waals surface area contributed by atoms with Gasteiger partial charge in [-0.3, -0.25) is 4.79 Å². The molecule has 2 aliphatic rings. The van der Waals surface area contributed by atoms with Crippen LogP contribution in [0.2, 0.25) is 0 Å². The average Bonchev–Trinajstić information content (AvgIpc) is 2.75. The van der Waals surface area contributed by atoms with E-state index in [1.54, 1.807) is 0 Å². The van der Waals surface area contributed by atoms with Crippen molar-refractivity contribution in [2.24, 2.45) is 0 Å². The predicted molar refractivity (Wildman–Crippen MR) is 74.6 cm³/mol. The van der Waals surface area contributed by atoms with Crippen LogP contribution >= 0.6 is 0 Å². The van der Waals surface area contributed by atoms with Crippen molar-refractivity contribution < 1.29 is 14.1 Å². The standard InChI is InChI=1S/C15H19BO3/c1-14(2)15(3,4)19-16(18-14)13-7-5-6-10-8-11(17)9-12(10)13/h5-7H,8-9H2,1-4H3. The minimum atomic E-state index is -0.370. The third kappa shape index (κ3) is 1.94. The highest BCUT2D eigenvalue weighted by atomic mass is 16.7. The van der Waals surface area contributed by atoms with Gasteiger partial charge in [0.1, 0.15) is 5.78 Å². The van der Waals surface area contributed by atoms with E-state index in [2.05, 4.69) is 0 Å². The molecule has 0 saturated carbocycles. The first kappa shape index (κ1) is 12.9. The third-order valence-electron chi connectivity index (χ3n) is 4.58. The normalized spacial score (nSPS) is 23.8. The molecule has 0 unspecified atom stereocenters. The number of carbonyl (C=O) groups is 1. The number of fused-ring (bicyclic) bond motifs is 1. The smallest absolute Gasteiger partial charge is 0.399 e. The summed E-state index contributed by atoms with van der Waals surface area (Å²) in [4.78, 5) is 11.6. The van der Waals surface area contributed by atoms with Crippen molar-refractivity contribution in [2.45, 2.75) is 51.7 Å². The fourth-order valence-electron chi connectivity index (χ4n) is 2.70. The fraction of sp³-hybridized carbons (Fsp3) is 0.533. The Morgan fingerprint density at radius 2 is 1.68 bits per heavy atom. The van der Waals surface area contributed by atoms with Crippen molar-refractivity contribution in [2.75, 3.05) is 0 Å². The quantitative estimate of drug-likeness (QED) is 0.718. The van der Waals surface area contributed by atoms with E-state index in [0.29, 0.717) is 12.8 Å². The lowest BCUT2D eigenvalue weighted by Crippen LogP contribution is -2.41. The van der Waals surface area contributed by atoms with Gasteiger partial charge in [-0.05, 0) is 44.3 Å². The molecule has 0 radical (unpaired) electrons. The zero-order chi connectivity index (χ0) is 13.8. The minimum Gasteiger partial charge on any atom is -0.399 e. The van der Waals surface area contributed by atoms with E-state index >= 15 is 0 Å². The van der Waals surface area contributed by atoms with Gasteiger partial charge in [0.15, 0.2) is 0 Å². The molecule has 0 bridgehead atoms. The molecule has 3 nitrogen and oxygen atoms in total. The lowest BCUT2D eigenvalue weighted by molar-refractivity contribution is -0.117. The Bertz CT molecular complexity index is 532. The van der Waals surface area contributed by atoms with Crippen molar-refractivity contribution in [3.63, 3.8) is 0 Å². The summed E-state index contributed by atoms with van der Waals surface area (Å²) < 4.78 is 12.2. The van der Waals surface area contributed by atoms with Crippen LogP contribution in [0.3, 0.4) is 0 Å². The second-order valence-electron chi connectivity index (χ2n) is 6.47. The van der Waals surface area contributed by atoms with Gasteiger partial charge in [0, 0.05) is 12.8 Å². The molecule has 1 aromatic rings.